The molecule has 2 N–H and O–H groups in total. The first kappa shape index (κ1) is 16.0. The Bertz CT molecular complexity index is 610. The summed E-state index contributed by atoms with van der Waals surface area (Å²) < 4.78 is 8.80. The van der Waals surface area contributed by atoms with Gasteiger partial charge in [-0.1, -0.05) is 22.9 Å². The van der Waals surface area contributed by atoms with Crippen molar-refractivity contribution in [3.05, 3.63) is 45.7 Å². The first-order chi connectivity index (χ1) is 9.99. The van der Waals surface area contributed by atoms with E-state index >= 15 is 0 Å². The third-order valence-electron chi connectivity index (χ3n) is 3.51. The van der Waals surface area contributed by atoms with Crippen LogP contribution in [0.5, 0.6) is 5.75 Å². The minimum atomic E-state index is 0.177. The molecule has 1 unspecified atom stereocenters. The van der Waals surface area contributed by atoms with Gasteiger partial charge in [-0.25, -0.2) is 0 Å². The summed E-state index contributed by atoms with van der Waals surface area (Å²) in [5.74, 6) is 0.857. The summed E-state index contributed by atoms with van der Waals surface area (Å²) in [6, 6.07) is 8.25. The van der Waals surface area contributed by atoms with Gasteiger partial charge in [0.2, 0.25) is 0 Å². The predicted octanol–water partition coefficient (Wildman–Crippen LogP) is 3.35. The molecule has 0 bridgehead atoms. The third kappa shape index (κ3) is 4.32. The Labute approximate surface area is 134 Å². The van der Waals surface area contributed by atoms with Gasteiger partial charge in [0.15, 0.2) is 0 Å². The molecule has 0 saturated heterocycles. The van der Waals surface area contributed by atoms with Crippen molar-refractivity contribution in [3.8, 4) is 5.75 Å². The number of aryl methyl sites for hydroxylation is 2. The third-order valence-corrected chi connectivity index (χ3v) is 4.28. The molecule has 1 atom stereocenters. The molecule has 114 valence electrons. The molecule has 0 saturated carbocycles. The van der Waals surface area contributed by atoms with Crippen LogP contribution in [0.3, 0.4) is 0 Å². The predicted molar refractivity (Wildman–Crippen MR) is 88.4 cm³/mol. The highest BCUT2D eigenvalue weighted by Gasteiger charge is 2.08. The van der Waals surface area contributed by atoms with E-state index in [0.717, 1.165) is 34.5 Å². The first-order valence-corrected chi connectivity index (χ1v) is 7.95. The molecule has 0 amide bonds. The minimum absolute atomic E-state index is 0.177. The van der Waals surface area contributed by atoms with Crippen LogP contribution in [-0.4, -0.2) is 15.8 Å². The van der Waals surface area contributed by atoms with Crippen molar-refractivity contribution in [2.75, 3.05) is 0 Å². The second kappa shape index (κ2) is 7.09. The first-order valence-electron chi connectivity index (χ1n) is 7.16. The zero-order valence-electron chi connectivity index (χ0n) is 12.8. The normalized spacial score (nSPS) is 12.4. The van der Waals surface area contributed by atoms with Crippen LogP contribution >= 0.6 is 15.9 Å². The van der Waals surface area contributed by atoms with Crippen LogP contribution in [0.15, 0.2) is 28.7 Å². The SMILES string of the molecule is CCC(N)Cc1cc(OCc2cc(C)nn2C)ccc1Br. The Morgan fingerprint density at radius 3 is 2.76 bits per heavy atom. The molecule has 5 heteroatoms. The lowest BCUT2D eigenvalue weighted by atomic mass is 10.0. The molecule has 0 fully saturated rings. The summed E-state index contributed by atoms with van der Waals surface area (Å²) in [6.45, 7) is 4.59. The summed E-state index contributed by atoms with van der Waals surface area (Å²) in [7, 11) is 1.93. The van der Waals surface area contributed by atoms with Crippen molar-refractivity contribution in [1.82, 2.24) is 9.78 Å². The van der Waals surface area contributed by atoms with E-state index in [4.69, 9.17) is 10.5 Å². The lowest BCUT2D eigenvalue weighted by Gasteiger charge is -2.13. The van der Waals surface area contributed by atoms with Crippen LogP contribution in [-0.2, 0) is 20.1 Å². The maximum atomic E-state index is 6.04. The number of halogens is 1. The zero-order valence-corrected chi connectivity index (χ0v) is 14.4. The molecular formula is C16H22BrN3O. The number of rotatable bonds is 6. The molecule has 0 aliphatic heterocycles. The standard InChI is InChI=1S/C16H22BrN3O/c1-4-13(18)8-12-9-15(5-6-16(12)17)21-10-14-7-11(2)19-20(14)3/h5-7,9,13H,4,8,10,18H2,1-3H3. The van der Waals surface area contributed by atoms with Gasteiger partial charge < -0.3 is 10.5 Å². The van der Waals surface area contributed by atoms with Gasteiger partial charge in [-0.15, -0.1) is 0 Å². The van der Waals surface area contributed by atoms with Crippen LogP contribution < -0.4 is 10.5 Å². The Kier molecular flexibility index (Phi) is 5.42. The Morgan fingerprint density at radius 2 is 2.14 bits per heavy atom. The van der Waals surface area contributed by atoms with Gasteiger partial charge in [0, 0.05) is 17.6 Å². The molecule has 0 aliphatic carbocycles. The molecule has 2 aromatic rings. The fourth-order valence-corrected chi connectivity index (χ4v) is 2.59. The van der Waals surface area contributed by atoms with E-state index in [1.165, 1.54) is 5.56 Å². The van der Waals surface area contributed by atoms with Gasteiger partial charge in [-0.2, -0.15) is 5.10 Å². The van der Waals surface area contributed by atoms with Crippen LogP contribution in [0.1, 0.15) is 30.3 Å². The summed E-state index contributed by atoms with van der Waals surface area (Å²) in [6.07, 6.45) is 1.81. The van der Waals surface area contributed by atoms with Crippen molar-refractivity contribution >= 4 is 15.9 Å². The summed E-state index contributed by atoms with van der Waals surface area (Å²) in [5, 5.41) is 4.32. The van der Waals surface area contributed by atoms with E-state index in [1.807, 2.05) is 36.9 Å². The lowest BCUT2D eigenvalue weighted by molar-refractivity contribution is 0.294. The summed E-state index contributed by atoms with van der Waals surface area (Å²) in [5.41, 5.74) is 9.28. The highest BCUT2D eigenvalue weighted by atomic mass is 79.9. The van der Waals surface area contributed by atoms with Crippen molar-refractivity contribution in [2.24, 2.45) is 12.8 Å². The molecular weight excluding hydrogens is 330 g/mol. The minimum Gasteiger partial charge on any atom is -0.487 e. The zero-order chi connectivity index (χ0) is 15.4. The maximum absolute atomic E-state index is 6.04. The van der Waals surface area contributed by atoms with Crippen LogP contribution in [0.4, 0.5) is 0 Å². The number of ether oxygens (including phenoxy) is 1. The quantitative estimate of drug-likeness (QED) is 0.868. The number of nitrogens with two attached hydrogens (primary N) is 1. The molecule has 21 heavy (non-hydrogen) atoms. The molecule has 1 aromatic heterocycles. The Morgan fingerprint density at radius 1 is 1.38 bits per heavy atom. The van der Waals surface area contributed by atoms with Gasteiger partial charge in [-0.3, -0.25) is 4.68 Å². The average molecular weight is 352 g/mol. The second-order valence-corrected chi connectivity index (χ2v) is 6.17. The lowest BCUT2D eigenvalue weighted by Crippen LogP contribution is -2.21. The van der Waals surface area contributed by atoms with Crippen molar-refractivity contribution in [2.45, 2.75) is 39.3 Å². The molecule has 4 nitrogen and oxygen atoms in total. The molecule has 0 aliphatic rings. The Balaban J connectivity index is 2.06. The summed E-state index contributed by atoms with van der Waals surface area (Å²) in [4.78, 5) is 0. The number of hydrogen-bond donors (Lipinski definition) is 1. The fourth-order valence-electron chi connectivity index (χ4n) is 2.18. The average Bonchev–Trinajstić information content (AvgIpc) is 2.77. The molecule has 0 spiro atoms. The molecule has 2 rings (SSSR count). The number of nitrogens with zero attached hydrogens (tertiary/aromatic N) is 2. The van der Waals surface area contributed by atoms with Gasteiger partial charge in [0.25, 0.3) is 0 Å². The smallest absolute Gasteiger partial charge is 0.130 e. The van der Waals surface area contributed by atoms with E-state index in [-0.39, 0.29) is 6.04 Å². The second-order valence-electron chi connectivity index (χ2n) is 5.32. The molecule has 1 heterocycles. The van der Waals surface area contributed by atoms with E-state index in [9.17, 15) is 0 Å². The van der Waals surface area contributed by atoms with Crippen LogP contribution in [0.25, 0.3) is 0 Å². The van der Waals surface area contributed by atoms with E-state index in [1.54, 1.807) is 0 Å². The highest BCUT2D eigenvalue weighted by molar-refractivity contribution is 9.10. The van der Waals surface area contributed by atoms with Gasteiger partial charge in [-0.05, 0) is 49.6 Å². The number of aromatic nitrogens is 2. The van der Waals surface area contributed by atoms with Crippen molar-refractivity contribution in [3.63, 3.8) is 0 Å². The largest absolute Gasteiger partial charge is 0.487 e. The van der Waals surface area contributed by atoms with E-state index in [2.05, 4.69) is 34.0 Å². The molecule has 1 aromatic carbocycles. The fraction of sp³-hybridized carbons (Fsp3) is 0.438. The van der Waals surface area contributed by atoms with Gasteiger partial charge in [0.05, 0.1) is 11.4 Å². The van der Waals surface area contributed by atoms with Crippen molar-refractivity contribution < 1.29 is 4.74 Å². The maximum Gasteiger partial charge on any atom is 0.130 e. The monoisotopic (exact) mass is 351 g/mol. The number of benzene rings is 1. The Hall–Kier alpha value is -1.33. The molecule has 0 radical (unpaired) electrons. The van der Waals surface area contributed by atoms with Crippen LogP contribution in [0.2, 0.25) is 0 Å². The van der Waals surface area contributed by atoms with Crippen LogP contribution in [0, 0.1) is 6.92 Å². The van der Waals surface area contributed by atoms with E-state index in [0.29, 0.717) is 6.61 Å². The van der Waals surface area contributed by atoms with Gasteiger partial charge >= 0.3 is 0 Å². The van der Waals surface area contributed by atoms with Gasteiger partial charge in [0.1, 0.15) is 12.4 Å². The number of hydrogen-bond acceptors (Lipinski definition) is 3. The topological polar surface area (TPSA) is 53.1 Å². The highest BCUT2D eigenvalue weighted by Crippen LogP contribution is 2.24. The summed E-state index contributed by atoms with van der Waals surface area (Å²) >= 11 is 3.57. The van der Waals surface area contributed by atoms with E-state index < -0.39 is 0 Å². The van der Waals surface area contributed by atoms with Crippen molar-refractivity contribution in [1.29, 1.82) is 0 Å².